The van der Waals surface area contributed by atoms with Crippen LogP contribution in [0.4, 0.5) is 0 Å². The van der Waals surface area contributed by atoms with E-state index in [2.05, 4.69) is 37.3 Å². The summed E-state index contributed by atoms with van der Waals surface area (Å²) in [5.74, 6) is -0.169. The molecule has 0 saturated carbocycles. The third kappa shape index (κ3) is 3.72. The second kappa shape index (κ2) is 5.14. The van der Waals surface area contributed by atoms with Gasteiger partial charge in [0.1, 0.15) is 0 Å². The zero-order valence-electron chi connectivity index (χ0n) is 8.63. The monoisotopic (exact) mass is 173 g/mol. The summed E-state index contributed by atoms with van der Waals surface area (Å²) in [4.78, 5) is 13.1. The van der Waals surface area contributed by atoms with Crippen LogP contribution in [0.5, 0.6) is 0 Å². The average Bonchev–Trinajstić information content (AvgIpc) is 1.98. The normalized spacial score (nSPS) is 11.3. The van der Waals surface area contributed by atoms with Gasteiger partial charge in [-0.15, -0.1) is 0 Å². The Hall–Kier alpha value is -0.570. The molecule has 0 aromatic carbocycles. The van der Waals surface area contributed by atoms with Gasteiger partial charge in [-0.1, -0.05) is 0 Å². The van der Waals surface area contributed by atoms with Gasteiger partial charge in [0, 0.05) is 12.1 Å². The van der Waals surface area contributed by atoms with Crippen LogP contribution in [0, 0.1) is 0 Å². The lowest BCUT2D eigenvalue weighted by molar-refractivity contribution is -0.142. The van der Waals surface area contributed by atoms with E-state index >= 15 is 0 Å². The van der Waals surface area contributed by atoms with Gasteiger partial charge in [0.15, 0.2) is 0 Å². The average molecular weight is 173 g/mol. The Balaban J connectivity index is 4.05. The predicted molar refractivity (Wildman–Crippen MR) is 49.0 cm³/mol. The molecule has 0 rings (SSSR count). The number of carbonyl (C=O) groups excluding carboxylic acids is 1. The molecule has 0 unspecified atom stereocenters. The van der Waals surface area contributed by atoms with E-state index in [4.69, 9.17) is 0 Å². The number of esters is 1. The first-order valence-electron chi connectivity index (χ1n) is 4.31. The maximum absolute atomic E-state index is 11.0. The van der Waals surface area contributed by atoms with Crippen LogP contribution < -0.4 is 0 Å². The van der Waals surface area contributed by atoms with Crippen molar-refractivity contribution < 1.29 is 9.53 Å². The highest BCUT2D eigenvalue weighted by molar-refractivity contribution is 5.71. The summed E-state index contributed by atoms with van der Waals surface area (Å²) in [6, 6.07) is 0.758. The molecule has 0 bridgehead atoms. The Morgan fingerprint density at radius 1 is 1.25 bits per heavy atom. The molecule has 72 valence electrons. The van der Waals surface area contributed by atoms with E-state index in [9.17, 15) is 4.79 Å². The van der Waals surface area contributed by atoms with Gasteiger partial charge in [-0.25, -0.2) is 0 Å². The standard InChI is InChI=1S/C9H19NO2/c1-7(2)10(8(3)4)6-9(11)12-5/h7-8H,6H2,1-5H3. The van der Waals surface area contributed by atoms with Gasteiger partial charge >= 0.3 is 5.97 Å². The second-order valence-electron chi connectivity index (χ2n) is 3.44. The smallest absolute Gasteiger partial charge is 0.319 e. The third-order valence-electron chi connectivity index (χ3n) is 1.87. The van der Waals surface area contributed by atoms with Crippen molar-refractivity contribution in [3.05, 3.63) is 0 Å². The summed E-state index contributed by atoms with van der Waals surface area (Å²) in [6.45, 7) is 8.67. The third-order valence-corrected chi connectivity index (χ3v) is 1.87. The molecule has 0 aliphatic carbocycles. The van der Waals surface area contributed by atoms with E-state index in [1.165, 1.54) is 7.11 Å². The number of hydrogen-bond donors (Lipinski definition) is 0. The van der Waals surface area contributed by atoms with Crippen molar-refractivity contribution in [2.24, 2.45) is 0 Å². The van der Waals surface area contributed by atoms with Crippen LogP contribution in [0.15, 0.2) is 0 Å². The lowest BCUT2D eigenvalue weighted by Crippen LogP contribution is -2.41. The highest BCUT2D eigenvalue weighted by Crippen LogP contribution is 2.04. The molecular formula is C9H19NO2. The zero-order chi connectivity index (χ0) is 9.72. The molecule has 0 aliphatic heterocycles. The van der Waals surface area contributed by atoms with Gasteiger partial charge in [-0.3, -0.25) is 9.69 Å². The molecule has 3 nitrogen and oxygen atoms in total. The SMILES string of the molecule is COC(=O)CN(C(C)C)C(C)C. The molecule has 0 aliphatic rings. The maximum Gasteiger partial charge on any atom is 0.319 e. The van der Waals surface area contributed by atoms with Crippen molar-refractivity contribution in [2.45, 2.75) is 39.8 Å². The highest BCUT2D eigenvalue weighted by Gasteiger charge is 2.16. The van der Waals surface area contributed by atoms with Crippen LogP contribution in [0.3, 0.4) is 0 Å². The fourth-order valence-electron chi connectivity index (χ4n) is 1.18. The molecule has 0 heterocycles. The number of methoxy groups -OCH3 is 1. The number of ether oxygens (including phenoxy) is 1. The van der Waals surface area contributed by atoms with Crippen molar-refractivity contribution in [3.8, 4) is 0 Å². The first-order valence-corrected chi connectivity index (χ1v) is 4.31. The van der Waals surface area contributed by atoms with Gasteiger partial charge < -0.3 is 4.74 Å². The second-order valence-corrected chi connectivity index (χ2v) is 3.44. The molecule has 0 fully saturated rings. The molecule has 0 spiro atoms. The summed E-state index contributed by atoms with van der Waals surface area (Å²) in [5.41, 5.74) is 0. The number of rotatable bonds is 4. The topological polar surface area (TPSA) is 29.5 Å². The molecule has 0 atom stereocenters. The summed E-state index contributed by atoms with van der Waals surface area (Å²) in [6.07, 6.45) is 0. The minimum atomic E-state index is -0.169. The van der Waals surface area contributed by atoms with Crippen molar-refractivity contribution in [2.75, 3.05) is 13.7 Å². The van der Waals surface area contributed by atoms with E-state index in [1.807, 2.05) is 0 Å². The molecule has 3 heteroatoms. The molecule has 0 radical (unpaired) electrons. The Bertz CT molecular complexity index is 135. The van der Waals surface area contributed by atoms with Crippen LogP contribution in [0.25, 0.3) is 0 Å². The van der Waals surface area contributed by atoms with Gasteiger partial charge in [-0.2, -0.15) is 0 Å². The van der Waals surface area contributed by atoms with Gasteiger partial charge in [0.25, 0.3) is 0 Å². The van der Waals surface area contributed by atoms with E-state index in [-0.39, 0.29) is 5.97 Å². The van der Waals surface area contributed by atoms with Crippen LogP contribution in [0.2, 0.25) is 0 Å². The highest BCUT2D eigenvalue weighted by atomic mass is 16.5. The summed E-state index contributed by atoms with van der Waals surface area (Å²) in [5, 5.41) is 0. The molecule has 0 amide bonds. The fourth-order valence-corrected chi connectivity index (χ4v) is 1.18. The lowest BCUT2D eigenvalue weighted by Gasteiger charge is -2.28. The first-order chi connectivity index (χ1) is 5.49. The van der Waals surface area contributed by atoms with Crippen LogP contribution >= 0.6 is 0 Å². The van der Waals surface area contributed by atoms with E-state index in [0.717, 1.165) is 0 Å². The summed E-state index contributed by atoms with van der Waals surface area (Å²) < 4.78 is 4.60. The van der Waals surface area contributed by atoms with Gasteiger partial charge in [0.05, 0.1) is 13.7 Å². The largest absolute Gasteiger partial charge is 0.468 e. The van der Waals surface area contributed by atoms with Crippen molar-refractivity contribution >= 4 is 5.97 Å². The van der Waals surface area contributed by atoms with Crippen molar-refractivity contribution in [3.63, 3.8) is 0 Å². The molecule has 12 heavy (non-hydrogen) atoms. The zero-order valence-corrected chi connectivity index (χ0v) is 8.63. The number of hydrogen-bond acceptors (Lipinski definition) is 3. The van der Waals surface area contributed by atoms with Crippen LogP contribution in [0.1, 0.15) is 27.7 Å². The van der Waals surface area contributed by atoms with E-state index < -0.39 is 0 Å². The molecule has 0 aromatic rings. The predicted octanol–water partition coefficient (Wildman–Crippen LogP) is 1.28. The molecular weight excluding hydrogens is 154 g/mol. The number of carbonyl (C=O) groups is 1. The summed E-state index contributed by atoms with van der Waals surface area (Å²) >= 11 is 0. The number of nitrogens with zero attached hydrogens (tertiary/aromatic N) is 1. The van der Waals surface area contributed by atoms with Gasteiger partial charge in [0.2, 0.25) is 0 Å². The Morgan fingerprint density at radius 3 is 1.92 bits per heavy atom. The van der Waals surface area contributed by atoms with E-state index in [1.54, 1.807) is 0 Å². The lowest BCUT2D eigenvalue weighted by atomic mass is 10.2. The molecule has 0 N–H and O–H groups in total. The van der Waals surface area contributed by atoms with Crippen LogP contribution in [-0.2, 0) is 9.53 Å². The first kappa shape index (κ1) is 11.4. The fraction of sp³-hybridized carbons (Fsp3) is 0.889. The van der Waals surface area contributed by atoms with Gasteiger partial charge in [-0.05, 0) is 27.7 Å². The maximum atomic E-state index is 11.0. The van der Waals surface area contributed by atoms with Crippen molar-refractivity contribution in [1.29, 1.82) is 0 Å². The molecule has 0 saturated heterocycles. The minimum absolute atomic E-state index is 0.169. The molecule has 0 aromatic heterocycles. The minimum Gasteiger partial charge on any atom is -0.468 e. The Labute approximate surface area is 74.7 Å². The quantitative estimate of drug-likeness (QED) is 0.600. The summed E-state index contributed by atoms with van der Waals surface area (Å²) in [7, 11) is 1.42. The van der Waals surface area contributed by atoms with E-state index in [0.29, 0.717) is 18.6 Å². The Kier molecular flexibility index (Phi) is 4.90. The Morgan fingerprint density at radius 2 is 1.67 bits per heavy atom. The van der Waals surface area contributed by atoms with Crippen LogP contribution in [-0.4, -0.2) is 36.6 Å². The van der Waals surface area contributed by atoms with Crippen molar-refractivity contribution in [1.82, 2.24) is 4.90 Å².